The van der Waals surface area contributed by atoms with Crippen LogP contribution in [0.5, 0.6) is 0 Å². The molecule has 4 nitrogen and oxygen atoms in total. The summed E-state index contributed by atoms with van der Waals surface area (Å²) >= 11 is 0. The van der Waals surface area contributed by atoms with Crippen LogP contribution in [0.2, 0.25) is 0 Å². The Morgan fingerprint density at radius 2 is 1.84 bits per heavy atom. The van der Waals surface area contributed by atoms with Crippen LogP contribution < -0.4 is 0 Å². The van der Waals surface area contributed by atoms with Gasteiger partial charge in [0, 0.05) is 50.5 Å². The maximum atomic E-state index is 12.0. The van der Waals surface area contributed by atoms with E-state index in [9.17, 15) is 4.79 Å². The second-order valence-electron chi connectivity index (χ2n) is 5.59. The molecule has 2 heterocycles. The zero-order chi connectivity index (χ0) is 13.2. The van der Waals surface area contributed by atoms with Gasteiger partial charge < -0.3 is 4.90 Å². The van der Waals surface area contributed by atoms with Gasteiger partial charge in [-0.05, 0) is 37.5 Å². The molecular formula is C15H21N3O. The van der Waals surface area contributed by atoms with Crippen LogP contribution >= 0.6 is 0 Å². The Bertz CT molecular complexity index is 436. The predicted molar refractivity (Wildman–Crippen MR) is 73.5 cm³/mol. The van der Waals surface area contributed by atoms with E-state index in [1.54, 1.807) is 0 Å². The zero-order valence-corrected chi connectivity index (χ0v) is 11.5. The summed E-state index contributed by atoms with van der Waals surface area (Å²) in [5, 5.41) is 0. The highest BCUT2D eigenvalue weighted by atomic mass is 16.2. The highest BCUT2D eigenvalue weighted by Crippen LogP contribution is 2.31. The number of pyridine rings is 1. The number of carbonyl (C=O) groups is 1. The summed E-state index contributed by atoms with van der Waals surface area (Å²) in [5.74, 6) is 0.736. The molecule has 1 aromatic rings. The Balaban J connectivity index is 1.56. The molecule has 1 saturated heterocycles. The lowest BCUT2D eigenvalue weighted by molar-refractivity contribution is -0.134. The van der Waals surface area contributed by atoms with Crippen LogP contribution in [-0.2, 0) is 4.79 Å². The van der Waals surface area contributed by atoms with Gasteiger partial charge in [-0.1, -0.05) is 0 Å². The Kier molecular flexibility index (Phi) is 3.51. The molecule has 1 aliphatic carbocycles. The molecular weight excluding hydrogens is 238 g/mol. The molecule has 1 saturated carbocycles. The molecule has 1 aliphatic heterocycles. The molecule has 1 amide bonds. The smallest absolute Gasteiger partial charge is 0.225 e. The molecule has 2 aliphatic rings. The van der Waals surface area contributed by atoms with Crippen molar-refractivity contribution in [2.45, 2.75) is 25.8 Å². The number of amides is 1. The van der Waals surface area contributed by atoms with Gasteiger partial charge in [-0.25, -0.2) is 0 Å². The quantitative estimate of drug-likeness (QED) is 0.829. The van der Waals surface area contributed by atoms with Crippen molar-refractivity contribution >= 4 is 5.91 Å². The van der Waals surface area contributed by atoms with Gasteiger partial charge >= 0.3 is 0 Å². The van der Waals surface area contributed by atoms with Crippen molar-refractivity contribution in [3.05, 3.63) is 30.1 Å². The Morgan fingerprint density at radius 3 is 2.42 bits per heavy atom. The van der Waals surface area contributed by atoms with Crippen LogP contribution in [0.4, 0.5) is 0 Å². The number of aromatic nitrogens is 1. The van der Waals surface area contributed by atoms with Gasteiger partial charge in [-0.15, -0.1) is 0 Å². The Labute approximate surface area is 114 Å². The van der Waals surface area contributed by atoms with Crippen LogP contribution in [0.25, 0.3) is 0 Å². The first-order valence-electron chi connectivity index (χ1n) is 7.18. The first kappa shape index (κ1) is 12.6. The summed E-state index contributed by atoms with van der Waals surface area (Å²) in [5.41, 5.74) is 1.30. The first-order valence-corrected chi connectivity index (χ1v) is 7.18. The molecule has 0 radical (unpaired) electrons. The van der Waals surface area contributed by atoms with Crippen molar-refractivity contribution < 1.29 is 4.79 Å². The fraction of sp³-hybridized carbons (Fsp3) is 0.600. The average Bonchev–Trinajstić information content (AvgIpc) is 3.31. The lowest BCUT2D eigenvalue weighted by Gasteiger charge is -2.38. The van der Waals surface area contributed by atoms with Gasteiger partial charge in [0.1, 0.15) is 0 Å². The standard InChI is InChI=1S/C15H21N3O/c1-12(13-4-6-16-7-5-13)17-8-10-18(11-9-17)15(19)14-2-3-14/h4-7,12,14H,2-3,8-11H2,1H3. The van der Waals surface area contributed by atoms with Crippen molar-refractivity contribution in [2.24, 2.45) is 5.92 Å². The van der Waals surface area contributed by atoms with Crippen LogP contribution in [0.15, 0.2) is 24.5 Å². The van der Waals surface area contributed by atoms with Gasteiger partial charge in [-0.2, -0.15) is 0 Å². The van der Waals surface area contributed by atoms with Crippen LogP contribution in [0.1, 0.15) is 31.4 Å². The molecule has 1 aromatic heterocycles. The minimum atomic E-state index is 0.351. The molecule has 3 rings (SSSR count). The third-order valence-corrected chi connectivity index (χ3v) is 4.29. The summed E-state index contributed by atoms with van der Waals surface area (Å²) < 4.78 is 0. The van der Waals surface area contributed by atoms with Crippen LogP contribution in [0.3, 0.4) is 0 Å². The van der Waals surface area contributed by atoms with Crippen LogP contribution in [0, 0.1) is 5.92 Å². The van der Waals surface area contributed by atoms with Crippen molar-refractivity contribution in [3.63, 3.8) is 0 Å². The third kappa shape index (κ3) is 2.78. The van der Waals surface area contributed by atoms with Gasteiger partial charge in [0.05, 0.1) is 0 Å². The van der Waals surface area contributed by atoms with E-state index in [2.05, 4.69) is 28.9 Å². The van der Waals surface area contributed by atoms with Crippen molar-refractivity contribution in [1.82, 2.24) is 14.8 Å². The fourth-order valence-electron chi connectivity index (χ4n) is 2.77. The molecule has 1 unspecified atom stereocenters. The minimum absolute atomic E-state index is 0.351. The molecule has 19 heavy (non-hydrogen) atoms. The maximum absolute atomic E-state index is 12.0. The zero-order valence-electron chi connectivity index (χ0n) is 11.5. The molecule has 2 fully saturated rings. The maximum Gasteiger partial charge on any atom is 0.225 e. The highest BCUT2D eigenvalue weighted by molar-refractivity contribution is 5.81. The molecule has 1 atom stereocenters. The predicted octanol–water partition coefficient (Wildman–Crippen LogP) is 1.70. The van der Waals surface area contributed by atoms with Gasteiger partial charge in [0.2, 0.25) is 5.91 Å². The molecule has 0 bridgehead atoms. The number of carbonyl (C=O) groups excluding carboxylic acids is 1. The lowest BCUT2D eigenvalue weighted by atomic mass is 10.1. The summed E-state index contributed by atoms with van der Waals surface area (Å²) in [6, 6.07) is 4.56. The third-order valence-electron chi connectivity index (χ3n) is 4.29. The minimum Gasteiger partial charge on any atom is -0.340 e. The second-order valence-corrected chi connectivity index (χ2v) is 5.59. The van der Waals surface area contributed by atoms with Crippen molar-refractivity contribution in [3.8, 4) is 0 Å². The van der Waals surface area contributed by atoms with E-state index in [1.165, 1.54) is 5.56 Å². The number of rotatable bonds is 3. The van der Waals surface area contributed by atoms with Gasteiger partial charge in [0.15, 0.2) is 0 Å². The van der Waals surface area contributed by atoms with Crippen molar-refractivity contribution in [1.29, 1.82) is 0 Å². The second kappa shape index (κ2) is 5.29. The topological polar surface area (TPSA) is 36.4 Å². The Morgan fingerprint density at radius 1 is 1.21 bits per heavy atom. The van der Waals surface area contributed by atoms with E-state index >= 15 is 0 Å². The van der Waals surface area contributed by atoms with E-state index in [-0.39, 0.29) is 0 Å². The molecule has 0 spiro atoms. The summed E-state index contributed by atoms with van der Waals surface area (Å²) in [7, 11) is 0. The van der Waals surface area contributed by atoms with E-state index in [0.29, 0.717) is 17.9 Å². The normalized spacial score (nSPS) is 22.3. The van der Waals surface area contributed by atoms with E-state index < -0.39 is 0 Å². The van der Waals surface area contributed by atoms with Gasteiger partial charge in [0.25, 0.3) is 0 Å². The number of hydrogen-bond acceptors (Lipinski definition) is 3. The van der Waals surface area contributed by atoms with Crippen molar-refractivity contribution in [2.75, 3.05) is 26.2 Å². The molecule has 102 valence electrons. The van der Waals surface area contributed by atoms with Crippen LogP contribution in [-0.4, -0.2) is 46.9 Å². The Hall–Kier alpha value is -1.42. The largest absolute Gasteiger partial charge is 0.340 e. The fourth-order valence-corrected chi connectivity index (χ4v) is 2.77. The highest BCUT2D eigenvalue weighted by Gasteiger charge is 2.35. The molecule has 4 heteroatoms. The number of nitrogens with zero attached hydrogens (tertiary/aromatic N) is 3. The molecule has 0 N–H and O–H groups in total. The SMILES string of the molecule is CC(c1ccncc1)N1CCN(C(=O)C2CC2)CC1. The summed E-state index contributed by atoms with van der Waals surface area (Å²) in [4.78, 5) is 20.6. The van der Waals surface area contributed by atoms with E-state index in [1.807, 2.05) is 17.3 Å². The molecule has 0 aromatic carbocycles. The van der Waals surface area contributed by atoms with E-state index in [0.717, 1.165) is 39.0 Å². The van der Waals surface area contributed by atoms with E-state index in [4.69, 9.17) is 0 Å². The summed E-state index contributed by atoms with van der Waals surface area (Å²) in [6.07, 6.45) is 5.90. The van der Waals surface area contributed by atoms with Gasteiger partial charge in [-0.3, -0.25) is 14.7 Å². The average molecular weight is 259 g/mol. The number of piperazine rings is 1. The first-order chi connectivity index (χ1) is 9.25. The summed E-state index contributed by atoms with van der Waals surface area (Å²) in [6.45, 7) is 5.94. The number of hydrogen-bond donors (Lipinski definition) is 0. The monoisotopic (exact) mass is 259 g/mol. The lowest BCUT2D eigenvalue weighted by Crippen LogP contribution is -2.49.